The molecule has 120 valence electrons. The Hall–Kier alpha value is -1.92. The number of amides is 1. The normalized spacial score (nSPS) is 27.8. The van der Waals surface area contributed by atoms with Crippen molar-refractivity contribution in [1.29, 1.82) is 0 Å². The predicted octanol–water partition coefficient (Wildman–Crippen LogP) is 2.04. The average molecular weight is 306 g/mol. The second-order valence-corrected chi connectivity index (χ2v) is 6.75. The number of rotatable bonds is 5. The summed E-state index contributed by atoms with van der Waals surface area (Å²) in [6, 6.07) is 0.162. The summed E-state index contributed by atoms with van der Waals surface area (Å²) in [5.74, 6) is 2.06. The number of hydrogen-bond donors (Lipinski definition) is 1. The molecule has 22 heavy (non-hydrogen) atoms. The first-order valence-corrected chi connectivity index (χ1v) is 7.92. The van der Waals surface area contributed by atoms with E-state index >= 15 is 0 Å². The number of nitrogens with zero attached hydrogens (tertiary/aromatic N) is 3. The maximum Gasteiger partial charge on any atom is 0.309 e. The number of aromatic nitrogens is 2. The van der Waals surface area contributed by atoms with Crippen molar-refractivity contribution in [3.8, 4) is 0 Å². The minimum absolute atomic E-state index is 0.0276. The molecule has 7 heteroatoms. The van der Waals surface area contributed by atoms with E-state index in [0.29, 0.717) is 11.6 Å². The zero-order valence-electron chi connectivity index (χ0n) is 13.0. The van der Waals surface area contributed by atoms with Crippen molar-refractivity contribution in [3.05, 3.63) is 22.0 Å². The maximum atomic E-state index is 12.1. The highest BCUT2D eigenvalue weighted by Crippen LogP contribution is 2.49. The van der Waals surface area contributed by atoms with Gasteiger partial charge in [-0.25, -0.2) is 0 Å². The SMILES string of the molecule is Cc1nn(CC(=O)N[C@H](C)[C@H]2C[C@H]3CC[C@H]2C3)cc1[N+](=O)[O-]. The fourth-order valence-electron chi connectivity index (χ4n) is 4.23. The van der Waals surface area contributed by atoms with Gasteiger partial charge >= 0.3 is 5.69 Å². The van der Waals surface area contributed by atoms with Gasteiger partial charge in [-0.15, -0.1) is 0 Å². The number of carbonyl (C=O) groups excluding carboxylic acids is 1. The van der Waals surface area contributed by atoms with Crippen LogP contribution in [0.25, 0.3) is 0 Å². The van der Waals surface area contributed by atoms with E-state index < -0.39 is 4.92 Å². The number of nitrogens with one attached hydrogen (secondary N) is 1. The predicted molar refractivity (Wildman–Crippen MR) is 80.2 cm³/mol. The van der Waals surface area contributed by atoms with Crippen LogP contribution in [0.15, 0.2) is 6.20 Å². The summed E-state index contributed by atoms with van der Waals surface area (Å²) in [6.45, 7) is 3.67. The van der Waals surface area contributed by atoms with Gasteiger partial charge in [0.1, 0.15) is 18.4 Å². The summed E-state index contributed by atoms with van der Waals surface area (Å²) in [5, 5.41) is 17.9. The van der Waals surface area contributed by atoms with Gasteiger partial charge in [0.25, 0.3) is 0 Å². The molecule has 3 rings (SSSR count). The molecule has 0 spiro atoms. The van der Waals surface area contributed by atoms with Gasteiger partial charge < -0.3 is 5.32 Å². The molecule has 2 aliphatic carbocycles. The van der Waals surface area contributed by atoms with Gasteiger partial charge in [0.2, 0.25) is 5.91 Å². The van der Waals surface area contributed by atoms with E-state index in [0.717, 1.165) is 11.8 Å². The number of carbonyl (C=O) groups is 1. The van der Waals surface area contributed by atoms with Crippen LogP contribution in [-0.2, 0) is 11.3 Å². The quantitative estimate of drug-likeness (QED) is 0.666. The van der Waals surface area contributed by atoms with Crippen LogP contribution in [0.5, 0.6) is 0 Å². The first kappa shape index (κ1) is 15.0. The Labute approximate surface area is 129 Å². The van der Waals surface area contributed by atoms with E-state index in [-0.39, 0.29) is 24.2 Å². The topological polar surface area (TPSA) is 90.1 Å². The lowest BCUT2D eigenvalue weighted by Crippen LogP contribution is -2.41. The lowest BCUT2D eigenvalue weighted by Gasteiger charge is -2.28. The number of aryl methyl sites for hydroxylation is 1. The second kappa shape index (κ2) is 5.70. The Kier molecular flexibility index (Phi) is 3.88. The molecule has 2 aliphatic rings. The molecule has 7 nitrogen and oxygen atoms in total. The highest BCUT2D eigenvalue weighted by Gasteiger charge is 2.42. The van der Waals surface area contributed by atoms with Crippen molar-refractivity contribution in [2.75, 3.05) is 0 Å². The summed E-state index contributed by atoms with van der Waals surface area (Å²) in [5.41, 5.74) is 0.285. The molecular formula is C15H22N4O3. The minimum Gasteiger partial charge on any atom is -0.352 e. The van der Waals surface area contributed by atoms with Crippen molar-refractivity contribution in [2.24, 2.45) is 17.8 Å². The molecule has 0 saturated heterocycles. The summed E-state index contributed by atoms with van der Waals surface area (Å²) in [4.78, 5) is 22.5. The van der Waals surface area contributed by atoms with Crippen LogP contribution < -0.4 is 5.32 Å². The zero-order valence-corrected chi connectivity index (χ0v) is 13.0. The molecule has 1 amide bonds. The molecule has 2 fully saturated rings. The average Bonchev–Trinajstić information content (AvgIpc) is 3.13. The van der Waals surface area contributed by atoms with Gasteiger partial charge in [0.05, 0.1) is 4.92 Å². The number of nitro groups is 1. The third-order valence-electron chi connectivity index (χ3n) is 5.25. The third-order valence-corrected chi connectivity index (χ3v) is 5.25. The summed E-state index contributed by atoms with van der Waals surface area (Å²) < 4.78 is 1.34. The molecule has 1 aromatic heterocycles. The van der Waals surface area contributed by atoms with Crippen molar-refractivity contribution < 1.29 is 9.72 Å². The lowest BCUT2D eigenvalue weighted by atomic mass is 9.84. The Balaban J connectivity index is 1.56. The van der Waals surface area contributed by atoms with Crippen LogP contribution in [0.2, 0.25) is 0 Å². The van der Waals surface area contributed by atoms with E-state index in [1.54, 1.807) is 6.92 Å². The molecule has 0 aliphatic heterocycles. The molecule has 1 aromatic rings. The van der Waals surface area contributed by atoms with Crippen molar-refractivity contribution in [1.82, 2.24) is 15.1 Å². The second-order valence-electron chi connectivity index (χ2n) is 6.75. The van der Waals surface area contributed by atoms with Crippen molar-refractivity contribution in [3.63, 3.8) is 0 Å². The molecule has 1 N–H and O–H groups in total. The van der Waals surface area contributed by atoms with Crippen LogP contribution in [0.3, 0.4) is 0 Å². The highest BCUT2D eigenvalue weighted by molar-refractivity contribution is 5.76. The summed E-state index contributed by atoms with van der Waals surface area (Å²) in [7, 11) is 0. The Morgan fingerprint density at radius 1 is 1.55 bits per heavy atom. The number of hydrogen-bond acceptors (Lipinski definition) is 4. The smallest absolute Gasteiger partial charge is 0.309 e. The molecule has 4 atom stereocenters. The van der Waals surface area contributed by atoms with Gasteiger partial charge in [0.15, 0.2) is 0 Å². The Morgan fingerprint density at radius 2 is 2.32 bits per heavy atom. The molecule has 0 unspecified atom stereocenters. The monoisotopic (exact) mass is 306 g/mol. The van der Waals surface area contributed by atoms with Gasteiger partial charge in [-0.1, -0.05) is 6.42 Å². The van der Waals surface area contributed by atoms with Gasteiger partial charge in [-0.05, 0) is 50.9 Å². The van der Waals surface area contributed by atoms with Crippen LogP contribution in [0.1, 0.15) is 38.3 Å². The van der Waals surface area contributed by atoms with Crippen LogP contribution >= 0.6 is 0 Å². The first-order valence-electron chi connectivity index (χ1n) is 7.92. The van der Waals surface area contributed by atoms with E-state index in [1.165, 1.54) is 36.6 Å². The van der Waals surface area contributed by atoms with E-state index in [4.69, 9.17) is 0 Å². The van der Waals surface area contributed by atoms with Gasteiger partial charge in [-0.2, -0.15) is 5.10 Å². The molecule has 2 saturated carbocycles. The van der Waals surface area contributed by atoms with Gasteiger partial charge in [-0.3, -0.25) is 19.6 Å². The van der Waals surface area contributed by atoms with Gasteiger partial charge in [0, 0.05) is 6.04 Å². The molecular weight excluding hydrogens is 284 g/mol. The van der Waals surface area contributed by atoms with Crippen LogP contribution in [0, 0.1) is 34.8 Å². The summed E-state index contributed by atoms with van der Waals surface area (Å²) in [6.07, 6.45) is 6.49. The molecule has 2 bridgehead atoms. The fourth-order valence-corrected chi connectivity index (χ4v) is 4.23. The lowest BCUT2D eigenvalue weighted by molar-refractivity contribution is -0.385. The van der Waals surface area contributed by atoms with E-state index in [2.05, 4.69) is 17.3 Å². The summed E-state index contributed by atoms with van der Waals surface area (Å²) >= 11 is 0. The Morgan fingerprint density at radius 3 is 2.86 bits per heavy atom. The Bertz CT molecular complexity index is 598. The first-order chi connectivity index (χ1) is 10.4. The standard InChI is InChI=1S/C15H22N4O3/c1-9(13-6-11-3-4-12(13)5-11)16-15(20)8-18-7-14(19(21)22)10(2)17-18/h7,9,11-13H,3-6,8H2,1-2H3,(H,16,20)/t9-,11+,12+,13-/m1/s1. The maximum absolute atomic E-state index is 12.1. The van der Waals surface area contributed by atoms with E-state index in [9.17, 15) is 14.9 Å². The zero-order chi connectivity index (χ0) is 15.9. The van der Waals surface area contributed by atoms with Crippen molar-refractivity contribution >= 4 is 11.6 Å². The van der Waals surface area contributed by atoms with E-state index in [1.807, 2.05) is 0 Å². The fraction of sp³-hybridized carbons (Fsp3) is 0.733. The molecule has 0 aromatic carbocycles. The highest BCUT2D eigenvalue weighted by atomic mass is 16.6. The van der Waals surface area contributed by atoms with Crippen molar-refractivity contribution in [2.45, 2.75) is 52.1 Å². The number of fused-ring (bicyclic) bond motifs is 2. The third kappa shape index (κ3) is 2.84. The largest absolute Gasteiger partial charge is 0.352 e. The minimum atomic E-state index is -0.478. The van der Waals surface area contributed by atoms with Crippen LogP contribution in [-0.4, -0.2) is 26.7 Å². The molecule has 1 heterocycles. The molecule has 0 radical (unpaired) electrons. The van der Waals surface area contributed by atoms with Crippen LogP contribution in [0.4, 0.5) is 5.69 Å².